The number of hydrogen-bond donors (Lipinski definition) is 0. The lowest BCUT2D eigenvalue weighted by atomic mass is 10.1. The molecule has 1 aromatic rings. The molecule has 2 fully saturated rings. The van der Waals surface area contributed by atoms with E-state index in [2.05, 4.69) is 17.0 Å². The quantitative estimate of drug-likeness (QED) is 0.844. The first kappa shape index (κ1) is 13.6. The fraction of sp³-hybridized carbons (Fsp3) is 0.733. The van der Waals surface area contributed by atoms with Crippen LogP contribution < -0.4 is 0 Å². The first-order chi connectivity index (χ1) is 9.60. The normalized spacial score (nSPS) is 27.1. The van der Waals surface area contributed by atoms with Gasteiger partial charge in [0.2, 0.25) is 5.91 Å². The Balaban J connectivity index is 1.83. The van der Waals surface area contributed by atoms with Crippen LogP contribution in [0.15, 0.2) is 4.52 Å². The minimum atomic E-state index is 0.278. The molecule has 2 aliphatic heterocycles. The van der Waals surface area contributed by atoms with E-state index in [9.17, 15) is 4.79 Å². The number of carbonyl (C=O) groups excluding carboxylic acids is 1. The van der Waals surface area contributed by atoms with Crippen molar-refractivity contribution in [3.63, 3.8) is 0 Å². The van der Waals surface area contributed by atoms with Crippen molar-refractivity contribution in [1.82, 2.24) is 15.0 Å². The molecule has 1 amide bonds. The van der Waals surface area contributed by atoms with Gasteiger partial charge in [-0.1, -0.05) is 12.1 Å². The van der Waals surface area contributed by atoms with Gasteiger partial charge in [0.05, 0.1) is 5.69 Å². The monoisotopic (exact) mass is 277 g/mol. The summed E-state index contributed by atoms with van der Waals surface area (Å²) in [5.41, 5.74) is 2.21. The van der Waals surface area contributed by atoms with Crippen LogP contribution in [0, 0.1) is 6.92 Å². The number of fused-ring (bicyclic) bond motifs is 2. The van der Waals surface area contributed by atoms with Gasteiger partial charge in [-0.3, -0.25) is 9.69 Å². The average molecular weight is 277 g/mol. The molecule has 0 spiro atoms. The van der Waals surface area contributed by atoms with Crippen LogP contribution in [0.3, 0.4) is 0 Å². The van der Waals surface area contributed by atoms with E-state index in [1.165, 1.54) is 12.0 Å². The summed E-state index contributed by atoms with van der Waals surface area (Å²) in [7, 11) is 1.92. The van der Waals surface area contributed by atoms with Gasteiger partial charge in [-0.15, -0.1) is 0 Å². The Kier molecular flexibility index (Phi) is 3.54. The highest BCUT2D eigenvalue weighted by molar-refractivity contribution is 5.77. The van der Waals surface area contributed by atoms with Gasteiger partial charge in [-0.05, 0) is 19.8 Å². The topological polar surface area (TPSA) is 49.6 Å². The Morgan fingerprint density at radius 2 is 2.10 bits per heavy atom. The third-order valence-electron chi connectivity index (χ3n) is 4.82. The first-order valence-electron chi connectivity index (χ1n) is 7.53. The van der Waals surface area contributed by atoms with Gasteiger partial charge in [0, 0.05) is 50.6 Å². The number of aromatic nitrogens is 1. The summed E-state index contributed by atoms with van der Waals surface area (Å²) >= 11 is 0. The summed E-state index contributed by atoms with van der Waals surface area (Å²) < 4.78 is 5.40. The maximum atomic E-state index is 12.0. The second kappa shape index (κ2) is 5.20. The number of rotatable bonds is 3. The number of carbonyl (C=O) groups is 1. The van der Waals surface area contributed by atoms with E-state index in [4.69, 9.17) is 4.52 Å². The Bertz CT molecular complexity index is 511. The van der Waals surface area contributed by atoms with Gasteiger partial charge < -0.3 is 9.42 Å². The highest BCUT2D eigenvalue weighted by Crippen LogP contribution is 2.32. The molecule has 1 aromatic heterocycles. The Labute approximate surface area is 119 Å². The molecule has 0 aliphatic carbocycles. The Morgan fingerprint density at radius 3 is 2.85 bits per heavy atom. The van der Waals surface area contributed by atoms with Crippen LogP contribution in [0.1, 0.15) is 43.2 Å². The number of amides is 1. The fourth-order valence-electron chi connectivity index (χ4n) is 3.56. The predicted octanol–water partition coefficient (Wildman–Crippen LogP) is 1.74. The van der Waals surface area contributed by atoms with Crippen molar-refractivity contribution in [3.8, 4) is 0 Å². The summed E-state index contributed by atoms with van der Waals surface area (Å²) in [4.78, 5) is 16.4. The molecule has 0 N–H and O–H groups in total. The third-order valence-corrected chi connectivity index (χ3v) is 4.82. The zero-order valence-corrected chi connectivity index (χ0v) is 12.6. The number of likely N-dealkylation sites (tertiary alicyclic amines) is 1. The van der Waals surface area contributed by atoms with Crippen molar-refractivity contribution in [2.45, 2.75) is 58.2 Å². The molecule has 0 radical (unpaired) electrons. The predicted molar refractivity (Wildman–Crippen MR) is 75.2 cm³/mol. The smallest absolute Gasteiger partial charge is 0.223 e. The van der Waals surface area contributed by atoms with Gasteiger partial charge in [-0.25, -0.2) is 0 Å². The lowest BCUT2D eigenvalue weighted by molar-refractivity contribution is -0.130. The van der Waals surface area contributed by atoms with Crippen LogP contribution in [0.2, 0.25) is 0 Å². The van der Waals surface area contributed by atoms with E-state index in [0.29, 0.717) is 18.5 Å². The van der Waals surface area contributed by atoms with Crippen LogP contribution >= 0.6 is 0 Å². The molecule has 2 saturated heterocycles. The highest BCUT2D eigenvalue weighted by Gasteiger charge is 2.39. The molecule has 0 unspecified atom stereocenters. The summed E-state index contributed by atoms with van der Waals surface area (Å²) in [5.74, 6) is 1.27. The Morgan fingerprint density at radius 1 is 1.35 bits per heavy atom. The van der Waals surface area contributed by atoms with Crippen molar-refractivity contribution in [2.75, 3.05) is 13.6 Å². The maximum Gasteiger partial charge on any atom is 0.223 e. The van der Waals surface area contributed by atoms with E-state index >= 15 is 0 Å². The summed E-state index contributed by atoms with van der Waals surface area (Å²) in [6.07, 6.45) is 3.85. The van der Waals surface area contributed by atoms with Crippen molar-refractivity contribution >= 4 is 5.91 Å². The summed E-state index contributed by atoms with van der Waals surface area (Å²) in [6, 6.07) is 0.868. The summed E-state index contributed by atoms with van der Waals surface area (Å²) in [6.45, 7) is 5.82. The summed E-state index contributed by atoms with van der Waals surface area (Å²) in [5, 5.41) is 4.10. The standard InChI is InChI=1S/C15H23N3O2/c1-4-14-13(10(2)16-20-14)9-18-11-5-6-12(18)8-17(3)15(19)7-11/h11-12H,4-9H2,1-3H3/t11-,12+/m0/s1. The fourth-order valence-corrected chi connectivity index (χ4v) is 3.56. The van der Waals surface area contributed by atoms with Crippen molar-refractivity contribution in [2.24, 2.45) is 0 Å². The zero-order chi connectivity index (χ0) is 14.3. The first-order valence-corrected chi connectivity index (χ1v) is 7.53. The zero-order valence-electron chi connectivity index (χ0n) is 12.6. The van der Waals surface area contributed by atoms with Crippen molar-refractivity contribution < 1.29 is 9.32 Å². The molecule has 3 heterocycles. The molecule has 2 atom stereocenters. The van der Waals surface area contributed by atoms with Crippen LogP contribution in [0.5, 0.6) is 0 Å². The largest absolute Gasteiger partial charge is 0.361 e. The third kappa shape index (κ3) is 2.24. The minimum absolute atomic E-state index is 0.278. The molecule has 110 valence electrons. The molecule has 2 bridgehead atoms. The maximum absolute atomic E-state index is 12.0. The van der Waals surface area contributed by atoms with Crippen LogP contribution in [-0.4, -0.2) is 46.5 Å². The van der Waals surface area contributed by atoms with E-state index in [0.717, 1.165) is 37.4 Å². The molecule has 2 aliphatic rings. The van der Waals surface area contributed by atoms with Gasteiger partial charge in [0.25, 0.3) is 0 Å². The van der Waals surface area contributed by atoms with Crippen molar-refractivity contribution in [3.05, 3.63) is 17.0 Å². The number of hydrogen-bond acceptors (Lipinski definition) is 4. The number of nitrogens with zero attached hydrogens (tertiary/aromatic N) is 3. The lowest BCUT2D eigenvalue weighted by Gasteiger charge is -2.27. The second-order valence-electron chi connectivity index (χ2n) is 6.06. The molecule has 5 heteroatoms. The van der Waals surface area contributed by atoms with Crippen LogP contribution in [0.25, 0.3) is 0 Å². The SMILES string of the molecule is CCc1onc(C)c1CN1[C@@H]2CC[C@H]1CC(=O)N(C)C2. The molecular weight excluding hydrogens is 254 g/mol. The van der Waals surface area contributed by atoms with E-state index in [-0.39, 0.29) is 5.91 Å². The number of likely N-dealkylation sites (N-methyl/N-ethyl adjacent to an activating group) is 1. The van der Waals surface area contributed by atoms with E-state index < -0.39 is 0 Å². The van der Waals surface area contributed by atoms with Gasteiger partial charge in [-0.2, -0.15) is 0 Å². The number of aryl methyl sites for hydroxylation is 2. The lowest BCUT2D eigenvalue weighted by Crippen LogP contribution is -2.38. The van der Waals surface area contributed by atoms with Gasteiger partial charge in [0.15, 0.2) is 0 Å². The minimum Gasteiger partial charge on any atom is -0.361 e. The van der Waals surface area contributed by atoms with E-state index in [1.807, 2.05) is 18.9 Å². The second-order valence-corrected chi connectivity index (χ2v) is 6.06. The molecule has 5 nitrogen and oxygen atoms in total. The highest BCUT2D eigenvalue weighted by atomic mass is 16.5. The van der Waals surface area contributed by atoms with E-state index in [1.54, 1.807) is 0 Å². The molecule has 3 rings (SSSR count). The molecule has 20 heavy (non-hydrogen) atoms. The molecule has 0 saturated carbocycles. The molecule has 0 aromatic carbocycles. The van der Waals surface area contributed by atoms with Gasteiger partial charge in [0.1, 0.15) is 5.76 Å². The average Bonchev–Trinajstić information content (AvgIpc) is 2.92. The van der Waals surface area contributed by atoms with Crippen LogP contribution in [0.4, 0.5) is 0 Å². The van der Waals surface area contributed by atoms with Gasteiger partial charge >= 0.3 is 0 Å². The van der Waals surface area contributed by atoms with Crippen molar-refractivity contribution in [1.29, 1.82) is 0 Å². The van der Waals surface area contributed by atoms with Crippen LogP contribution in [-0.2, 0) is 17.8 Å². The molecular formula is C15H23N3O2. The Hall–Kier alpha value is -1.36.